The third-order valence-corrected chi connectivity index (χ3v) is 5.42. The zero-order valence-corrected chi connectivity index (χ0v) is 17.1. The third-order valence-electron chi connectivity index (χ3n) is 4.27. The molecule has 1 aromatic carbocycles. The van der Waals surface area contributed by atoms with Gasteiger partial charge in [-0.2, -0.15) is 5.10 Å². The molecule has 2 aromatic heterocycles. The molecular formula is C19H22N4O2S2. The molecule has 3 aromatic rings. The number of benzene rings is 1. The molecule has 0 fully saturated rings. The van der Waals surface area contributed by atoms with E-state index in [1.807, 2.05) is 56.5 Å². The standard InChI is InChI=1S/C19H22N4O2S2/c1-12-6-4-7-13(2)16(12)25-10-9-20-18(24)14(3)23-17(21-22-19(23)26)15-8-5-11-27-15/h4-8,11,14H,9-10H2,1-3H3,(H,20,24)(H,22,26). The summed E-state index contributed by atoms with van der Waals surface area (Å²) in [4.78, 5) is 13.5. The second-order valence-electron chi connectivity index (χ2n) is 6.24. The van der Waals surface area contributed by atoms with Crippen molar-refractivity contribution in [1.82, 2.24) is 20.1 Å². The molecular weight excluding hydrogens is 380 g/mol. The predicted octanol–water partition coefficient (Wildman–Crippen LogP) is 4.04. The molecule has 8 heteroatoms. The van der Waals surface area contributed by atoms with Crippen molar-refractivity contribution in [3.8, 4) is 16.5 Å². The fourth-order valence-corrected chi connectivity index (χ4v) is 3.86. The predicted molar refractivity (Wildman–Crippen MR) is 110 cm³/mol. The molecule has 3 rings (SSSR count). The van der Waals surface area contributed by atoms with Crippen LogP contribution in [0.3, 0.4) is 0 Å². The lowest BCUT2D eigenvalue weighted by Crippen LogP contribution is -2.34. The number of aromatic amines is 1. The van der Waals surface area contributed by atoms with Crippen molar-refractivity contribution in [3.63, 3.8) is 0 Å². The summed E-state index contributed by atoms with van der Waals surface area (Å²) >= 11 is 6.87. The van der Waals surface area contributed by atoms with Crippen LogP contribution in [0.2, 0.25) is 0 Å². The molecule has 142 valence electrons. The van der Waals surface area contributed by atoms with E-state index >= 15 is 0 Å². The van der Waals surface area contributed by atoms with Crippen LogP contribution in [0.1, 0.15) is 24.1 Å². The van der Waals surface area contributed by atoms with E-state index in [1.165, 1.54) is 0 Å². The van der Waals surface area contributed by atoms with Crippen LogP contribution in [-0.4, -0.2) is 33.8 Å². The molecule has 2 N–H and O–H groups in total. The van der Waals surface area contributed by atoms with Gasteiger partial charge in [0.05, 0.1) is 11.4 Å². The lowest BCUT2D eigenvalue weighted by molar-refractivity contribution is -0.123. The molecule has 0 saturated carbocycles. The average Bonchev–Trinajstić information content (AvgIpc) is 3.29. The number of amides is 1. The summed E-state index contributed by atoms with van der Waals surface area (Å²) in [5.41, 5.74) is 2.17. The average molecular weight is 403 g/mol. The minimum atomic E-state index is -0.478. The summed E-state index contributed by atoms with van der Waals surface area (Å²) in [7, 11) is 0. The van der Waals surface area contributed by atoms with Crippen molar-refractivity contribution >= 4 is 29.5 Å². The van der Waals surface area contributed by atoms with Gasteiger partial charge in [-0.25, -0.2) is 0 Å². The highest BCUT2D eigenvalue weighted by Crippen LogP contribution is 2.25. The Morgan fingerprint density at radius 3 is 2.74 bits per heavy atom. The highest BCUT2D eigenvalue weighted by Gasteiger charge is 2.21. The zero-order chi connectivity index (χ0) is 19.4. The molecule has 27 heavy (non-hydrogen) atoms. The van der Waals surface area contributed by atoms with E-state index in [-0.39, 0.29) is 5.91 Å². The van der Waals surface area contributed by atoms with Gasteiger partial charge in [-0.05, 0) is 55.6 Å². The van der Waals surface area contributed by atoms with E-state index in [0.29, 0.717) is 23.7 Å². The van der Waals surface area contributed by atoms with Crippen molar-refractivity contribution in [2.24, 2.45) is 0 Å². The molecule has 2 heterocycles. The van der Waals surface area contributed by atoms with Crippen LogP contribution in [0.25, 0.3) is 10.7 Å². The lowest BCUT2D eigenvalue weighted by Gasteiger charge is -2.16. The van der Waals surface area contributed by atoms with Crippen molar-refractivity contribution in [2.75, 3.05) is 13.2 Å². The first-order valence-electron chi connectivity index (χ1n) is 8.66. The molecule has 0 saturated heterocycles. The maximum Gasteiger partial charge on any atom is 0.243 e. The van der Waals surface area contributed by atoms with Crippen LogP contribution < -0.4 is 10.1 Å². The van der Waals surface area contributed by atoms with Crippen molar-refractivity contribution in [2.45, 2.75) is 26.8 Å². The maximum atomic E-state index is 12.6. The van der Waals surface area contributed by atoms with Crippen molar-refractivity contribution in [1.29, 1.82) is 0 Å². The van der Waals surface area contributed by atoms with E-state index < -0.39 is 6.04 Å². The highest BCUT2D eigenvalue weighted by atomic mass is 32.1. The van der Waals surface area contributed by atoms with Gasteiger partial charge in [0.1, 0.15) is 18.4 Å². The highest BCUT2D eigenvalue weighted by molar-refractivity contribution is 7.71. The van der Waals surface area contributed by atoms with Gasteiger partial charge in [0.25, 0.3) is 0 Å². The molecule has 0 bridgehead atoms. The monoisotopic (exact) mass is 402 g/mol. The summed E-state index contributed by atoms with van der Waals surface area (Å²) in [5.74, 6) is 1.41. The maximum absolute atomic E-state index is 12.6. The molecule has 6 nitrogen and oxygen atoms in total. The number of rotatable bonds is 7. The quantitative estimate of drug-likeness (QED) is 0.462. The first kappa shape index (κ1) is 19.3. The second-order valence-corrected chi connectivity index (χ2v) is 7.57. The number of H-pyrrole nitrogens is 1. The van der Waals surface area contributed by atoms with E-state index in [4.69, 9.17) is 17.0 Å². The van der Waals surface area contributed by atoms with Crippen molar-refractivity contribution in [3.05, 3.63) is 51.6 Å². The Kier molecular flexibility index (Phi) is 6.08. The molecule has 0 spiro atoms. The molecule has 1 unspecified atom stereocenters. The van der Waals surface area contributed by atoms with Crippen LogP contribution in [0.4, 0.5) is 0 Å². The zero-order valence-electron chi connectivity index (χ0n) is 15.5. The van der Waals surface area contributed by atoms with Gasteiger partial charge in [-0.15, -0.1) is 11.3 Å². The summed E-state index contributed by atoms with van der Waals surface area (Å²) < 4.78 is 8.00. The second kappa shape index (κ2) is 8.49. The van der Waals surface area contributed by atoms with E-state index in [2.05, 4.69) is 15.5 Å². The fraction of sp³-hybridized carbons (Fsp3) is 0.316. The first-order chi connectivity index (χ1) is 13.0. The Labute approximate surface area is 167 Å². The lowest BCUT2D eigenvalue weighted by atomic mass is 10.1. The number of carbonyl (C=O) groups excluding carboxylic acids is 1. The minimum Gasteiger partial charge on any atom is -0.491 e. The van der Waals surface area contributed by atoms with Crippen LogP contribution in [0, 0.1) is 18.6 Å². The number of nitrogens with zero attached hydrogens (tertiary/aromatic N) is 2. The number of nitrogens with one attached hydrogen (secondary N) is 2. The number of ether oxygens (including phenoxy) is 1. The van der Waals surface area contributed by atoms with Gasteiger partial charge >= 0.3 is 0 Å². The summed E-state index contributed by atoms with van der Waals surface area (Å²) in [6, 6.07) is 9.44. The Bertz CT molecular complexity index is 956. The largest absolute Gasteiger partial charge is 0.491 e. The molecule has 0 radical (unpaired) electrons. The van der Waals surface area contributed by atoms with Crippen molar-refractivity contribution < 1.29 is 9.53 Å². The normalized spacial score (nSPS) is 12.0. The number of aryl methyl sites for hydroxylation is 2. The number of hydrogen-bond donors (Lipinski definition) is 2. The number of thiophene rings is 1. The smallest absolute Gasteiger partial charge is 0.243 e. The fourth-order valence-electron chi connectivity index (χ4n) is 2.86. The molecule has 1 atom stereocenters. The number of para-hydroxylation sites is 1. The topological polar surface area (TPSA) is 71.9 Å². The Morgan fingerprint density at radius 1 is 1.33 bits per heavy atom. The van der Waals surface area contributed by atoms with Crippen LogP contribution in [0.5, 0.6) is 5.75 Å². The van der Waals surface area contributed by atoms with Gasteiger partial charge in [0.2, 0.25) is 5.91 Å². The SMILES string of the molecule is Cc1cccc(C)c1OCCNC(=O)C(C)n1c(-c2cccs2)n[nH]c1=S. The summed E-state index contributed by atoms with van der Waals surface area (Å²) in [6.07, 6.45) is 0. The van der Waals surface area contributed by atoms with E-state index in [1.54, 1.807) is 15.9 Å². The first-order valence-corrected chi connectivity index (χ1v) is 9.95. The Hall–Kier alpha value is -2.45. The molecule has 1 amide bonds. The van der Waals surface area contributed by atoms with E-state index in [0.717, 1.165) is 21.8 Å². The molecule has 0 aliphatic heterocycles. The van der Waals surface area contributed by atoms with Gasteiger partial charge in [-0.3, -0.25) is 14.5 Å². The number of hydrogen-bond acceptors (Lipinski definition) is 5. The molecule has 0 aliphatic rings. The van der Waals surface area contributed by atoms with E-state index in [9.17, 15) is 4.79 Å². The molecule has 0 aliphatic carbocycles. The van der Waals surface area contributed by atoms with Gasteiger partial charge in [0, 0.05) is 0 Å². The summed E-state index contributed by atoms with van der Waals surface area (Å²) in [5, 5.41) is 11.9. The van der Waals surface area contributed by atoms with Crippen LogP contribution in [-0.2, 0) is 4.79 Å². The number of carbonyl (C=O) groups is 1. The minimum absolute atomic E-state index is 0.129. The third kappa shape index (κ3) is 4.28. The number of aromatic nitrogens is 3. The van der Waals surface area contributed by atoms with Gasteiger partial charge in [-0.1, -0.05) is 24.3 Å². The van der Waals surface area contributed by atoms with Crippen LogP contribution in [0.15, 0.2) is 35.7 Å². The van der Waals surface area contributed by atoms with Gasteiger partial charge in [0.15, 0.2) is 10.6 Å². The van der Waals surface area contributed by atoms with Gasteiger partial charge < -0.3 is 10.1 Å². The Balaban J connectivity index is 1.61. The summed E-state index contributed by atoms with van der Waals surface area (Å²) in [6.45, 7) is 6.64. The van der Waals surface area contributed by atoms with Crippen LogP contribution >= 0.6 is 23.6 Å². The Morgan fingerprint density at radius 2 is 2.07 bits per heavy atom.